The monoisotopic (exact) mass is 239 g/mol. The molecule has 1 aromatic heterocycles. The van der Waals surface area contributed by atoms with E-state index in [9.17, 15) is 4.79 Å². The maximum absolute atomic E-state index is 12.2. The van der Waals surface area contributed by atoms with E-state index in [-0.39, 0.29) is 5.91 Å². The number of hydrogen-bond donors (Lipinski definition) is 0. The molecule has 2 saturated heterocycles. The molecule has 1 aromatic rings. The van der Waals surface area contributed by atoms with Gasteiger partial charge < -0.3 is 4.90 Å². The third kappa shape index (κ3) is 1.51. The Bertz CT molecular complexity index is 401. The molecule has 0 N–H and O–H groups in total. The van der Waals surface area contributed by atoms with Gasteiger partial charge in [0, 0.05) is 23.6 Å². The Kier molecular flexibility index (Phi) is 2.29. The number of likely N-dealkylation sites (tertiary alicyclic amines) is 1. The van der Waals surface area contributed by atoms with Crippen LogP contribution in [0.5, 0.6) is 0 Å². The van der Waals surface area contributed by atoms with Crippen LogP contribution in [0.2, 0.25) is 0 Å². The molecule has 80 valence electrons. The summed E-state index contributed by atoms with van der Waals surface area (Å²) in [6.07, 6.45) is 1.21. The second-order valence-electron chi connectivity index (χ2n) is 4.24. The van der Waals surface area contributed by atoms with Gasteiger partial charge in [0.1, 0.15) is 0 Å². The van der Waals surface area contributed by atoms with Crippen LogP contribution >= 0.6 is 23.1 Å². The Balaban J connectivity index is 1.84. The summed E-state index contributed by atoms with van der Waals surface area (Å²) < 4.78 is 0. The Labute approximate surface area is 97.7 Å². The lowest BCUT2D eigenvalue weighted by molar-refractivity contribution is 0.0752. The molecule has 0 unspecified atom stereocenters. The zero-order chi connectivity index (χ0) is 10.4. The second-order valence-corrected chi connectivity index (χ2v) is 6.48. The van der Waals surface area contributed by atoms with Crippen molar-refractivity contribution in [3.63, 3.8) is 0 Å². The average molecular weight is 239 g/mol. The van der Waals surface area contributed by atoms with Gasteiger partial charge >= 0.3 is 0 Å². The molecule has 1 amide bonds. The topological polar surface area (TPSA) is 20.3 Å². The first-order chi connectivity index (χ1) is 7.25. The van der Waals surface area contributed by atoms with Crippen molar-refractivity contribution in [3.8, 4) is 0 Å². The molecule has 2 atom stereocenters. The molecule has 3 rings (SSSR count). The summed E-state index contributed by atoms with van der Waals surface area (Å²) in [5.74, 6) is 1.40. The number of hydrogen-bond acceptors (Lipinski definition) is 3. The Morgan fingerprint density at radius 3 is 3.00 bits per heavy atom. The molecule has 4 heteroatoms. The first-order valence-corrected chi connectivity index (χ1v) is 7.15. The van der Waals surface area contributed by atoms with Crippen LogP contribution in [0.4, 0.5) is 0 Å². The molecule has 3 heterocycles. The first kappa shape index (κ1) is 9.73. The number of rotatable bonds is 1. The number of thiophene rings is 1. The summed E-state index contributed by atoms with van der Waals surface area (Å²) in [5.41, 5.74) is 1.13. The van der Waals surface area contributed by atoms with E-state index in [1.165, 1.54) is 6.42 Å². The third-order valence-electron chi connectivity index (χ3n) is 3.22. The summed E-state index contributed by atoms with van der Waals surface area (Å²) in [6.45, 7) is 2.98. The highest BCUT2D eigenvalue weighted by atomic mass is 32.2. The van der Waals surface area contributed by atoms with Gasteiger partial charge in [-0.1, -0.05) is 0 Å². The molecule has 0 saturated carbocycles. The Morgan fingerprint density at radius 2 is 2.47 bits per heavy atom. The van der Waals surface area contributed by atoms with Crippen LogP contribution in [0.15, 0.2) is 11.4 Å². The quantitative estimate of drug-likeness (QED) is 0.750. The summed E-state index contributed by atoms with van der Waals surface area (Å²) >= 11 is 3.60. The maximum atomic E-state index is 12.2. The van der Waals surface area contributed by atoms with Gasteiger partial charge in [-0.2, -0.15) is 11.8 Å². The molecule has 15 heavy (non-hydrogen) atoms. The molecule has 2 nitrogen and oxygen atoms in total. The van der Waals surface area contributed by atoms with E-state index < -0.39 is 0 Å². The highest BCUT2D eigenvalue weighted by Crippen LogP contribution is 2.38. The maximum Gasteiger partial charge on any atom is 0.264 e. The van der Waals surface area contributed by atoms with Gasteiger partial charge in [0.05, 0.1) is 4.88 Å². The van der Waals surface area contributed by atoms with E-state index in [0.717, 1.165) is 22.7 Å². The lowest BCUT2D eigenvalue weighted by Crippen LogP contribution is -2.39. The van der Waals surface area contributed by atoms with Crippen molar-refractivity contribution in [2.24, 2.45) is 0 Å². The van der Waals surface area contributed by atoms with Gasteiger partial charge in [0.2, 0.25) is 0 Å². The van der Waals surface area contributed by atoms with Gasteiger partial charge in [-0.3, -0.25) is 4.79 Å². The van der Waals surface area contributed by atoms with Crippen LogP contribution in [0.1, 0.15) is 21.7 Å². The summed E-state index contributed by atoms with van der Waals surface area (Å²) in [4.78, 5) is 15.3. The van der Waals surface area contributed by atoms with E-state index in [0.29, 0.717) is 11.3 Å². The van der Waals surface area contributed by atoms with E-state index in [1.54, 1.807) is 11.3 Å². The second kappa shape index (κ2) is 3.52. The van der Waals surface area contributed by atoms with Crippen LogP contribution < -0.4 is 0 Å². The van der Waals surface area contributed by atoms with Crippen molar-refractivity contribution >= 4 is 29.0 Å². The Hall–Kier alpha value is -0.480. The van der Waals surface area contributed by atoms with Crippen molar-refractivity contribution in [3.05, 3.63) is 21.9 Å². The molecule has 2 aliphatic rings. The van der Waals surface area contributed by atoms with Gasteiger partial charge in [-0.25, -0.2) is 0 Å². The number of carbonyl (C=O) groups is 1. The predicted octanol–water partition coefficient (Wildman–Crippen LogP) is 2.39. The van der Waals surface area contributed by atoms with Gasteiger partial charge in [-0.05, 0) is 30.4 Å². The van der Waals surface area contributed by atoms with Crippen LogP contribution in [0.25, 0.3) is 0 Å². The highest BCUT2D eigenvalue weighted by molar-refractivity contribution is 8.00. The molecule has 2 bridgehead atoms. The molecular weight excluding hydrogens is 226 g/mol. The summed E-state index contributed by atoms with van der Waals surface area (Å²) in [7, 11) is 0. The molecule has 0 spiro atoms. The summed E-state index contributed by atoms with van der Waals surface area (Å²) in [5, 5.41) is 2.71. The van der Waals surface area contributed by atoms with E-state index in [1.807, 2.05) is 30.1 Å². The smallest absolute Gasteiger partial charge is 0.264 e. The minimum absolute atomic E-state index is 0.260. The van der Waals surface area contributed by atoms with E-state index in [2.05, 4.69) is 4.90 Å². The average Bonchev–Trinajstić information content (AvgIpc) is 2.91. The molecular formula is C11H13NOS2. The SMILES string of the molecule is Cc1ccsc1C(=O)N1C[C@H]2C[C@H]1CS2. The molecule has 2 fully saturated rings. The van der Waals surface area contributed by atoms with Crippen molar-refractivity contribution in [2.75, 3.05) is 12.3 Å². The third-order valence-corrected chi connectivity index (χ3v) is 5.61. The largest absolute Gasteiger partial charge is 0.333 e. The van der Waals surface area contributed by atoms with E-state index in [4.69, 9.17) is 0 Å². The number of nitrogens with zero attached hydrogens (tertiary/aromatic N) is 1. The van der Waals surface area contributed by atoms with E-state index >= 15 is 0 Å². The number of thioether (sulfide) groups is 1. The van der Waals surface area contributed by atoms with Crippen LogP contribution in [-0.4, -0.2) is 34.4 Å². The summed E-state index contributed by atoms with van der Waals surface area (Å²) in [6, 6.07) is 2.54. The molecule has 2 aliphatic heterocycles. The number of fused-ring (bicyclic) bond motifs is 2. The van der Waals surface area contributed by atoms with Crippen LogP contribution in [0.3, 0.4) is 0 Å². The fraction of sp³-hybridized carbons (Fsp3) is 0.545. The van der Waals surface area contributed by atoms with Crippen LogP contribution in [0, 0.1) is 6.92 Å². The van der Waals surface area contributed by atoms with Crippen molar-refractivity contribution in [1.29, 1.82) is 0 Å². The lowest BCUT2D eigenvalue weighted by Gasteiger charge is -2.26. The molecule has 0 radical (unpaired) electrons. The predicted molar refractivity (Wildman–Crippen MR) is 64.7 cm³/mol. The van der Waals surface area contributed by atoms with Crippen molar-refractivity contribution in [1.82, 2.24) is 4.90 Å². The minimum Gasteiger partial charge on any atom is -0.333 e. The van der Waals surface area contributed by atoms with Gasteiger partial charge in [0.25, 0.3) is 5.91 Å². The lowest BCUT2D eigenvalue weighted by atomic mass is 10.2. The molecule has 0 aliphatic carbocycles. The number of carbonyl (C=O) groups excluding carboxylic acids is 1. The minimum atomic E-state index is 0.260. The highest BCUT2D eigenvalue weighted by Gasteiger charge is 2.41. The normalized spacial score (nSPS) is 28.7. The first-order valence-electron chi connectivity index (χ1n) is 5.22. The van der Waals surface area contributed by atoms with Gasteiger partial charge in [0.15, 0.2) is 0 Å². The van der Waals surface area contributed by atoms with Crippen molar-refractivity contribution < 1.29 is 4.79 Å². The molecule has 0 aromatic carbocycles. The number of amides is 1. The number of aryl methyl sites for hydroxylation is 1. The van der Waals surface area contributed by atoms with Crippen molar-refractivity contribution in [2.45, 2.75) is 24.6 Å². The zero-order valence-corrected chi connectivity index (χ0v) is 10.2. The fourth-order valence-electron chi connectivity index (χ4n) is 2.37. The zero-order valence-electron chi connectivity index (χ0n) is 8.60. The fourth-order valence-corrected chi connectivity index (χ4v) is 4.69. The standard InChI is InChI=1S/C11H13NOS2/c1-7-2-3-14-10(7)11(13)12-5-9-4-8(12)6-15-9/h2-3,8-9H,4-6H2,1H3/t8-,9+/m0/s1. The van der Waals surface area contributed by atoms with Gasteiger partial charge in [-0.15, -0.1) is 11.3 Å². The Morgan fingerprint density at radius 1 is 1.60 bits per heavy atom. The van der Waals surface area contributed by atoms with Crippen LogP contribution in [-0.2, 0) is 0 Å².